The first-order chi connectivity index (χ1) is 51.8. The molecule has 6 aliphatic heterocycles. The summed E-state index contributed by atoms with van der Waals surface area (Å²) < 4.78 is 314. The average Bonchev–Trinajstić information content (AvgIpc) is 0.788. The van der Waals surface area contributed by atoms with Gasteiger partial charge in [0.1, 0.15) is 18.3 Å². The molecule has 24 atom stereocenters. The van der Waals surface area contributed by atoms with Gasteiger partial charge in [-0.05, 0) is 35.3 Å². The molecule has 0 aromatic heterocycles. The molecule has 6 unspecified atom stereocenters. The minimum atomic E-state index is -5.35. The first-order valence-electron chi connectivity index (χ1n) is 33.2. The molecule has 3 aromatic carbocycles. The van der Waals surface area contributed by atoms with Crippen LogP contribution in [0.15, 0.2) is 91.0 Å². The van der Waals surface area contributed by atoms with E-state index >= 15 is 0 Å². The van der Waals surface area contributed by atoms with Gasteiger partial charge in [-0.15, -0.1) is 18.3 Å². The minimum Gasteiger partial charge on any atom is -0.726 e. The Labute approximate surface area is 808 Å². The second kappa shape index (κ2) is 61.0. The van der Waals surface area contributed by atoms with Gasteiger partial charge in [-0.25, -0.2) is 70.0 Å². The summed E-state index contributed by atoms with van der Waals surface area (Å²) in [5.74, 6) is 0.166. The normalized spacial score (nSPS) is 30.6. The number of nitrogens with two attached hydrogens (primary N) is 3. The number of unbranched alkanes of at least 4 members (excludes halogenated alkanes) is 1. The van der Waals surface area contributed by atoms with Crippen LogP contribution in [0, 0.1) is 75.1 Å². The Balaban J connectivity index is -0.00000257. The van der Waals surface area contributed by atoms with E-state index in [4.69, 9.17) is 156 Å². The van der Waals surface area contributed by atoms with Crippen molar-refractivity contribution in [2.45, 2.75) is 183 Å². The fourth-order valence-electron chi connectivity index (χ4n) is 11.5. The molecule has 120 heavy (non-hydrogen) atoms. The Morgan fingerprint density at radius 2 is 0.667 bits per heavy atom. The first kappa shape index (κ1) is 127. The van der Waals surface area contributed by atoms with E-state index in [1.807, 2.05) is 97.9 Å². The molecule has 6 aliphatic rings. The van der Waals surface area contributed by atoms with Gasteiger partial charge in [0.2, 0.25) is 62.4 Å². The molecular formula is C63H85Li9N3O39S6-3. The third-order valence-electron chi connectivity index (χ3n) is 16.9. The molecule has 634 valence electrons. The van der Waals surface area contributed by atoms with Gasteiger partial charge in [-0.1, -0.05) is 137 Å². The molecule has 0 bridgehead atoms. The van der Waals surface area contributed by atoms with E-state index in [1.54, 1.807) is 33.8 Å². The predicted octanol–water partition coefficient (Wildman–Crippen LogP) is -27.6. The zero-order valence-corrected chi connectivity index (χ0v) is 73.0. The summed E-state index contributed by atoms with van der Waals surface area (Å²) in [6, 6.07) is 24.8. The Morgan fingerprint density at radius 3 is 0.958 bits per heavy atom. The number of hydrogen-bond donors (Lipinski definition) is 6. The molecule has 9 rings (SSSR count). The van der Waals surface area contributed by atoms with E-state index in [0.717, 1.165) is 16.7 Å². The minimum absolute atomic E-state index is 0. The van der Waals surface area contributed by atoms with Gasteiger partial charge in [0.15, 0.2) is 18.9 Å². The molecule has 57 heteroatoms. The van der Waals surface area contributed by atoms with Crippen LogP contribution in [-0.4, -0.2) is 241 Å². The summed E-state index contributed by atoms with van der Waals surface area (Å²) in [7, 11) is -30.5. The second-order valence-electron chi connectivity index (χ2n) is 25.1. The monoisotopic (exact) mass is 1760 g/mol. The van der Waals surface area contributed by atoms with Gasteiger partial charge in [0, 0.05) is 43.0 Å². The van der Waals surface area contributed by atoms with Crippen LogP contribution in [0.1, 0.15) is 57.2 Å². The second-order valence-corrected chi connectivity index (χ2v) is 30.8. The Morgan fingerprint density at radius 1 is 0.400 bits per heavy atom. The van der Waals surface area contributed by atoms with Crippen LogP contribution in [0.2, 0.25) is 0 Å². The van der Waals surface area contributed by atoms with Crippen molar-refractivity contribution >= 4 is 62.4 Å². The summed E-state index contributed by atoms with van der Waals surface area (Å²) in [4.78, 5) is 0. The summed E-state index contributed by atoms with van der Waals surface area (Å²) in [5.41, 5.74) is 22.8. The van der Waals surface area contributed by atoms with Crippen molar-refractivity contribution in [2.75, 3.05) is 26.4 Å². The Bertz CT molecular complexity index is 3970. The Kier molecular flexibility index (Phi) is 64.8. The molecule has 0 radical (unpaired) electrons. The van der Waals surface area contributed by atoms with E-state index < -0.39 is 223 Å². The van der Waals surface area contributed by atoms with Gasteiger partial charge in [-0.2, -0.15) is 13.2 Å². The maximum Gasteiger partial charge on any atom is 1.00 e. The molecule has 6 saturated heterocycles. The zero-order chi connectivity index (χ0) is 82.2. The third-order valence-corrected chi connectivity index (χ3v) is 18.1. The van der Waals surface area contributed by atoms with E-state index in [1.165, 1.54) is 26.1 Å². The van der Waals surface area contributed by atoms with E-state index in [-0.39, 0.29) is 195 Å². The number of benzene rings is 3. The molecule has 3 aromatic rings. The standard InChI is InChI=1S/C63H85N3O27S3.9Li.3H2O4S/c1-6-7-17-24-76-61-55(64)38(3)58(49(88-61)34-83-94(67,68)69)92-53-26-45(78-30-42-20-13-9-14-21-42)47(32-81-53)87-63-57(66)40(5)60(51(90-63)36-85-96(73,74)75)93-54-27-46(79-31-43-22-15-10-16-23-43)48(33-82-54)86-62-56(65)39(4)59(50(89-62)35-84-95(70,71)72)91-52-25-44(37(2)28-80-52)77-29-41-18-11-8-12-19-41;;;;;;;;;;3*1-5(2,3)4/h1,8-16,18-23,25-28,32-33,37-40,44-63H,7,17,24,29-31,34-36,64-66H2,2-5H3,(H,67,68,69)(H,70,71,72)(H,73,74,75);;;;;;;;;;3*(H2,1,2,3,4)/q-6;9*+1;;;/p-6/t37-,38+,39+,40+,44-,45-,46-,47-,48-,49?,50?,51?,52-,53-,54-,55?,56?,57?,58+,59+,60+,61+,62+,63+;;;;;;;;;;;;/m0............/s1. The first-order valence-corrected chi connectivity index (χ1v) is 41.3. The SMILES string of the molecule is C#CCCCO[C@@H]1OC(COS(=O)(=O)[O-])[C@H](O[C@H]2[CH-][C@H](OCc3ccccc3)[C@@H](O[C@@H]3OC(COS(=O)(=O)[O-])[C@H](O[C@H]4[CH-][C@H](OCc5ccccc5)[C@@H](O[C@@H]5OC(COS(=O)(=O)[O-])[C@H](O[C@H]6[CH-][C@H](OCc7ccccc7)[C@@H](C)[CH-]O6)[C@H](C)C5N)[CH-]O4)[C@H](C)C3N)[CH-]O2)[C@H](C)C1N.O=S(=O)([O-])O.O=S(=O)([O-])O.O=S(=O)([O-])O.[Li+].[Li+].[Li+].[Li+].[Li+].[Li+].[Li+].[Li+].[Li+]. The van der Waals surface area contributed by atoms with Crippen LogP contribution in [-0.2, 0) is 166 Å². The van der Waals surface area contributed by atoms with E-state index in [9.17, 15) is 38.9 Å². The summed E-state index contributed by atoms with van der Waals surface area (Å²) in [6.45, 7) is 9.08. The van der Waals surface area contributed by atoms with Crippen LogP contribution in [0.5, 0.6) is 0 Å². The summed E-state index contributed by atoms with van der Waals surface area (Å²) >= 11 is 0. The fourth-order valence-corrected chi connectivity index (χ4v) is 12.4. The zero-order valence-electron chi connectivity index (χ0n) is 68.1. The molecular weight excluding hydrogens is 1680 g/mol. The van der Waals surface area contributed by atoms with Crippen molar-refractivity contribution in [3.8, 4) is 12.3 Å². The molecule has 0 aliphatic carbocycles. The average molecular weight is 1760 g/mol. The van der Waals surface area contributed by atoms with Crippen molar-refractivity contribution in [2.24, 2.45) is 40.9 Å². The quantitative estimate of drug-likeness (QED) is 0.00844. The van der Waals surface area contributed by atoms with Gasteiger partial charge >= 0.3 is 170 Å². The van der Waals surface area contributed by atoms with Crippen molar-refractivity contribution in [1.29, 1.82) is 0 Å². The number of terminal acetylenes is 1. The summed E-state index contributed by atoms with van der Waals surface area (Å²) in [5, 5.41) is 0. The van der Waals surface area contributed by atoms with Gasteiger partial charge in [-0.3, -0.25) is 32.6 Å². The fraction of sp³-hybridized carbons (Fsp3) is 0.587. The molecule has 6 fully saturated rings. The molecule has 0 saturated carbocycles. The molecule has 0 spiro atoms. The topological polar surface area (TPSA) is 648 Å². The van der Waals surface area contributed by atoms with Gasteiger partial charge < -0.3 is 116 Å². The largest absolute Gasteiger partial charge is 1.00 e. The van der Waals surface area contributed by atoms with Crippen LogP contribution in [0.25, 0.3) is 0 Å². The van der Waals surface area contributed by atoms with E-state index in [0.29, 0.717) is 19.4 Å². The van der Waals surface area contributed by atoms with Gasteiger partial charge in [0.25, 0.3) is 0 Å². The van der Waals surface area contributed by atoms with Crippen molar-refractivity contribution < 1.29 is 345 Å². The molecule has 0 amide bonds. The number of rotatable bonds is 32. The Hall–Kier alpha value is 1.10. The van der Waals surface area contributed by atoms with Crippen LogP contribution >= 0.6 is 0 Å². The van der Waals surface area contributed by atoms with Crippen molar-refractivity contribution in [1.82, 2.24) is 0 Å². The molecule has 6 heterocycles. The van der Waals surface area contributed by atoms with Crippen LogP contribution in [0.3, 0.4) is 0 Å². The summed E-state index contributed by atoms with van der Waals surface area (Å²) in [6.07, 6.45) is -8.68. The van der Waals surface area contributed by atoms with E-state index in [2.05, 4.69) is 10.1 Å². The maximum absolute atomic E-state index is 12.1. The molecule has 9 N–H and O–H groups in total. The van der Waals surface area contributed by atoms with Crippen molar-refractivity contribution in [3.63, 3.8) is 0 Å². The maximum atomic E-state index is 12.1. The van der Waals surface area contributed by atoms with Crippen LogP contribution < -0.4 is 187 Å². The van der Waals surface area contributed by atoms with Crippen LogP contribution in [0.4, 0.5) is 0 Å². The predicted molar refractivity (Wildman–Crippen MR) is 364 cm³/mol. The third kappa shape index (κ3) is 49.5. The number of ether oxygens (including phenoxy) is 15. The molecule has 42 nitrogen and oxygen atoms in total. The van der Waals surface area contributed by atoms with Gasteiger partial charge in [0.05, 0.1) is 82.7 Å². The smallest absolute Gasteiger partial charge is 0.726 e. The number of hydrogen-bond acceptors (Lipinski definition) is 39. The van der Waals surface area contributed by atoms with Crippen molar-refractivity contribution in [3.05, 3.63) is 147 Å².